The molecule has 0 spiro atoms. The molecule has 2 unspecified atom stereocenters. The Kier molecular flexibility index (Phi) is 8.34. The van der Waals surface area contributed by atoms with Crippen LogP contribution in [0.2, 0.25) is 0 Å². The van der Waals surface area contributed by atoms with E-state index in [1.165, 1.54) is 35.5 Å². The number of nitrogen functional groups attached to an aromatic ring is 1. The molecule has 4 rings (SSSR count). The number of oxime groups is 1. The number of carboxylic acid groups (broad SMARTS) is 1. The summed E-state index contributed by atoms with van der Waals surface area (Å²) in [6.07, 6.45) is 1.52. The fourth-order valence-corrected chi connectivity index (χ4v) is 6.91. The number of nitrogens with two attached hydrogens (primary N) is 2. The molecule has 3 aliphatic rings. The molecule has 1 aromatic heterocycles. The lowest BCUT2D eigenvalue weighted by Gasteiger charge is -2.49. The Labute approximate surface area is 229 Å². The van der Waals surface area contributed by atoms with Crippen molar-refractivity contribution in [2.45, 2.75) is 24.0 Å². The Morgan fingerprint density at radius 3 is 2.87 bits per heavy atom. The Morgan fingerprint density at radius 2 is 2.24 bits per heavy atom. The van der Waals surface area contributed by atoms with Crippen LogP contribution in [0.1, 0.15) is 12.2 Å². The summed E-state index contributed by atoms with van der Waals surface area (Å²) >= 11 is 3.43. The van der Waals surface area contributed by atoms with Crippen LogP contribution in [0, 0.1) is 5.41 Å². The average molecular weight is 581 g/mol. The number of nitrogens with zero attached hydrogens (tertiary/aromatic N) is 6. The minimum atomic E-state index is -1.26. The van der Waals surface area contributed by atoms with Crippen LogP contribution in [0.4, 0.5) is 5.13 Å². The van der Waals surface area contributed by atoms with E-state index in [0.717, 1.165) is 11.5 Å². The lowest BCUT2D eigenvalue weighted by atomic mass is 10.0. The SMILES string of the molecule is C=CCN1C(SCC2=C(C(=O)O)N3C(=O)C(NC(=O)C(=NOC)c4nsc(N)n4)[C@@H]3SC2)=NC(=N)CC1N. The number of hydrogen-bond donors (Lipinski definition) is 5. The zero-order chi connectivity index (χ0) is 27.6. The molecule has 202 valence electrons. The van der Waals surface area contributed by atoms with E-state index in [1.54, 1.807) is 11.0 Å². The molecule has 0 saturated carbocycles. The van der Waals surface area contributed by atoms with Gasteiger partial charge in [-0.2, -0.15) is 9.36 Å². The monoisotopic (exact) mass is 580 g/mol. The van der Waals surface area contributed by atoms with Gasteiger partial charge >= 0.3 is 5.97 Å². The Morgan fingerprint density at radius 1 is 1.47 bits per heavy atom. The largest absolute Gasteiger partial charge is 0.477 e. The highest BCUT2D eigenvalue weighted by Crippen LogP contribution is 2.41. The minimum absolute atomic E-state index is 0.0545. The Bertz CT molecular complexity index is 1280. The number of aliphatic imine (C=N–C) groups is 1. The third-order valence-corrected chi connectivity index (χ3v) is 8.53. The van der Waals surface area contributed by atoms with Gasteiger partial charge in [0.05, 0.1) is 6.17 Å². The standard InChI is InChI=1S/C20H24N10O5S3/c1-3-4-29-10(22)5-9(21)24-20(29)37-7-8-6-36-17-12(16(32)30(17)13(8)18(33)34)25-15(31)11(27-35-2)14-26-19(23)38-28-14/h3,10,12,17,21H,1,4-7,22H2,2H3,(H,25,31)(H,33,34)(H2,23,26,28)/t10?,12?,17-/m0/s1. The Hall–Kier alpha value is -3.48. The predicted octanol–water partition coefficient (Wildman–Crippen LogP) is -0.548. The topological polar surface area (TPSA) is 226 Å². The molecule has 1 aromatic rings. The smallest absolute Gasteiger partial charge is 0.352 e. The predicted molar refractivity (Wildman–Crippen MR) is 145 cm³/mol. The molecule has 2 amide bonds. The molecule has 0 aromatic carbocycles. The van der Waals surface area contributed by atoms with Crippen molar-refractivity contribution in [2.75, 3.05) is 30.9 Å². The van der Waals surface area contributed by atoms with Crippen molar-refractivity contribution in [1.29, 1.82) is 5.41 Å². The first-order chi connectivity index (χ1) is 18.2. The zero-order valence-electron chi connectivity index (χ0n) is 20.0. The van der Waals surface area contributed by atoms with Crippen LogP contribution in [0.15, 0.2) is 34.1 Å². The molecular formula is C20H24N10O5S3. The number of anilines is 1. The van der Waals surface area contributed by atoms with Gasteiger partial charge in [-0.15, -0.1) is 18.3 Å². The summed E-state index contributed by atoms with van der Waals surface area (Å²) in [6.45, 7) is 4.14. The van der Waals surface area contributed by atoms with Crippen molar-refractivity contribution < 1.29 is 24.3 Å². The third kappa shape index (κ3) is 5.38. The van der Waals surface area contributed by atoms with Crippen molar-refractivity contribution in [2.24, 2.45) is 15.9 Å². The zero-order valence-corrected chi connectivity index (χ0v) is 22.4. The highest BCUT2D eigenvalue weighted by atomic mass is 32.2. The summed E-state index contributed by atoms with van der Waals surface area (Å²) in [5.74, 6) is -2.00. The van der Waals surface area contributed by atoms with Crippen LogP contribution < -0.4 is 16.8 Å². The molecule has 0 bridgehead atoms. The van der Waals surface area contributed by atoms with Crippen LogP contribution in [0.25, 0.3) is 0 Å². The maximum atomic E-state index is 13.0. The number of fused-ring (bicyclic) bond motifs is 1. The van der Waals surface area contributed by atoms with E-state index >= 15 is 0 Å². The fourth-order valence-electron chi connectivity index (χ4n) is 3.91. The van der Waals surface area contributed by atoms with Gasteiger partial charge in [0.15, 0.2) is 10.3 Å². The summed E-state index contributed by atoms with van der Waals surface area (Å²) in [6, 6.07) is -0.988. The van der Waals surface area contributed by atoms with Gasteiger partial charge in [-0.3, -0.25) is 19.9 Å². The molecule has 7 N–H and O–H groups in total. The van der Waals surface area contributed by atoms with Crippen molar-refractivity contribution in [1.82, 2.24) is 24.5 Å². The van der Waals surface area contributed by atoms with E-state index in [-0.39, 0.29) is 40.4 Å². The van der Waals surface area contributed by atoms with Crippen molar-refractivity contribution in [3.8, 4) is 0 Å². The first kappa shape index (κ1) is 27.6. The average Bonchev–Trinajstić information content (AvgIpc) is 3.31. The molecule has 15 nitrogen and oxygen atoms in total. The van der Waals surface area contributed by atoms with Gasteiger partial charge in [-0.05, 0) is 5.57 Å². The number of thioether (sulfide) groups is 2. The number of rotatable bonds is 9. The first-order valence-corrected chi connectivity index (χ1v) is 13.8. The minimum Gasteiger partial charge on any atom is -0.477 e. The summed E-state index contributed by atoms with van der Waals surface area (Å²) in [5.41, 5.74) is 11.8. The number of aliphatic carboxylic acids is 1. The summed E-state index contributed by atoms with van der Waals surface area (Å²) in [5, 5.41) is 24.1. The number of amidine groups is 2. The number of β-lactam (4-membered cyclic amide) rings is 1. The van der Waals surface area contributed by atoms with E-state index in [2.05, 4.69) is 31.4 Å². The van der Waals surface area contributed by atoms with Gasteiger partial charge in [0.25, 0.3) is 11.8 Å². The highest BCUT2D eigenvalue weighted by Gasteiger charge is 2.54. The second-order valence-corrected chi connectivity index (χ2v) is 10.9. The number of carboxylic acids is 1. The molecule has 4 heterocycles. The Balaban J connectivity index is 1.49. The highest BCUT2D eigenvalue weighted by molar-refractivity contribution is 8.14. The lowest BCUT2D eigenvalue weighted by Crippen LogP contribution is -2.71. The van der Waals surface area contributed by atoms with Crippen molar-refractivity contribution in [3.63, 3.8) is 0 Å². The van der Waals surface area contributed by atoms with E-state index in [4.69, 9.17) is 21.7 Å². The van der Waals surface area contributed by atoms with Gasteiger partial charge in [0.1, 0.15) is 30.1 Å². The molecule has 1 saturated heterocycles. The van der Waals surface area contributed by atoms with Crippen LogP contribution in [-0.4, -0.2) is 102 Å². The molecule has 3 aliphatic heterocycles. The molecule has 3 atom stereocenters. The maximum Gasteiger partial charge on any atom is 0.352 e. The number of hydrogen-bond acceptors (Lipinski definition) is 14. The van der Waals surface area contributed by atoms with Gasteiger partial charge in [0, 0.05) is 36.0 Å². The van der Waals surface area contributed by atoms with Crippen molar-refractivity contribution in [3.05, 3.63) is 29.7 Å². The lowest BCUT2D eigenvalue weighted by molar-refractivity contribution is -0.150. The summed E-state index contributed by atoms with van der Waals surface area (Å²) in [4.78, 5) is 54.0. The quantitative estimate of drug-likeness (QED) is 0.107. The molecule has 0 radical (unpaired) electrons. The second kappa shape index (κ2) is 11.5. The summed E-state index contributed by atoms with van der Waals surface area (Å²) < 4.78 is 3.94. The van der Waals surface area contributed by atoms with Gasteiger partial charge in [-0.25, -0.2) is 9.79 Å². The van der Waals surface area contributed by atoms with Gasteiger partial charge in [-0.1, -0.05) is 23.0 Å². The molecule has 38 heavy (non-hydrogen) atoms. The molecule has 1 fully saturated rings. The number of aromatic nitrogens is 2. The van der Waals surface area contributed by atoms with Crippen LogP contribution in [-0.2, 0) is 19.2 Å². The van der Waals surface area contributed by atoms with Crippen LogP contribution in [0.3, 0.4) is 0 Å². The van der Waals surface area contributed by atoms with E-state index in [0.29, 0.717) is 23.0 Å². The van der Waals surface area contributed by atoms with Crippen molar-refractivity contribution >= 4 is 74.7 Å². The third-order valence-electron chi connectivity index (χ3n) is 5.57. The number of amides is 2. The van der Waals surface area contributed by atoms with Crippen LogP contribution >= 0.6 is 35.1 Å². The van der Waals surface area contributed by atoms with Gasteiger partial charge in [0.2, 0.25) is 11.5 Å². The fraction of sp³-hybridized carbons (Fsp3) is 0.400. The number of carbonyl (C=O) groups excluding carboxylic acids is 2. The normalized spacial score (nSPS) is 23.5. The number of carbonyl (C=O) groups is 3. The molecule has 0 aliphatic carbocycles. The van der Waals surface area contributed by atoms with Crippen LogP contribution in [0.5, 0.6) is 0 Å². The summed E-state index contributed by atoms with van der Waals surface area (Å²) in [7, 11) is 1.24. The molecular weight excluding hydrogens is 556 g/mol. The van der Waals surface area contributed by atoms with E-state index in [1.807, 2.05) is 0 Å². The van der Waals surface area contributed by atoms with E-state index in [9.17, 15) is 19.5 Å². The molecule has 18 heteroatoms. The maximum absolute atomic E-state index is 13.0. The first-order valence-electron chi connectivity index (χ1n) is 11.0. The number of nitrogens with one attached hydrogen (secondary N) is 2. The van der Waals surface area contributed by atoms with Gasteiger partial charge < -0.3 is 31.6 Å². The van der Waals surface area contributed by atoms with E-state index < -0.39 is 35.4 Å². The second-order valence-electron chi connectivity index (χ2n) is 8.04.